The van der Waals surface area contributed by atoms with Gasteiger partial charge in [-0.2, -0.15) is 4.31 Å². The average Bonchev–Trinajstić information content (AvgIpc) is 3.25. The molecule has 1 fully saturated rings. The number of hydrogen-bond donors (Lipinski definition) is 0. The molecule has 0 spiro atoms. The average molecular weight is 504 g/mol. The standard InChI is InChI=1S/C24H26FN3O6S/c1-6-16-14-26(35(32,33)17-12-10-15(2)11-13-17)21-24(16,28(30)31)20-18(25)8-7-9-19(20)27(21)22(29)34-23(3,4)5/h6-13,16,21H,1,14H2,2-5H3/t16-,21+,24+/m0/s1. The van der Waals surface area contributed by atoms with Gasteiger partial charge in [0, 0.05) is 11.5 Å². The van der Waals surface area contributed by atoms with Crippen LogP contribution in [0.1, 0.15) is 31.9 Å². The normalized spacial score (nSPS) is 24.1. The van der Waals surface area contributed by atoms with Gasteiger partial charge in [0.15, 0.2) is 6.17 Å². The third kappa shape index (κ3) is 3.61. The summed E-state index contributed by atoms with van der Waals surface area (Å²) in [5, 5.41) is 12.8. The van der Waals surface area contributed by atoms with E-state index in [0.717, 1.165) is 20.8 Å². The monoisotopic (exact) mass is 503 g/mol. The molecule has 0 aliphatic carbocycles. The zero-order chi connectivity index (χ0) is 25.9. The van der Waals surface area contributed by atoms with Gasteiger partial charge in [-0.3, -0.25) is 15.0 Å². The summed E-state index contributed by atoms with van der Waals surface area (Å²) in [6, 6.07) is 9.69. The molecule has 0 bridgehead atoms. The van der Waals surface area contributed by atoms with Crippen LogP contribution in [0.3, 0.4) is 0 Å². The number of carbonyl (C=O) groups is 1. The van der Waals surface area contributed by atoms with Gasteiger partial charge in [-0.25, -0.2) is 17.6 Å². The van der Waals surface area contributed by atoms with Crippen molar-refractivity contribution in [2.24, 2.45) is 5.92 Å². The van der Waals surface area contributed by atoms with Gasteiger partial charge < -0.3 is 4.74 Å². The topological polar surface area (TPSA) is 110 Å². The Morgan fingerprint density at radius 3 is 2.43 bits per heavy atom. The summed E-state index contributed by atoms with van der Waals surface area (Å²) in [7, 11) is -4.36. The van der Waals surface area contributed by atoms with Crippen LogP contribution >= 0.6 is 0 Å². The fourth-order valence-corrected chi connectivity index (χ4v) is 6.51. The minimum Gasteiger partial charge on any atom is -0.443 e. The Morgan fingerprint density at radius 2 is 1.89 bits per heavy atom. The van der Waals surface area contributed by atoms with Crippen molar-refractivity contribution in [3.63, 3.8) is 0 Å². The molecule has 4 rings (SSSR count). The molecule has 2 aliphatic heterocycles. The van der Waals surface area contributed by atoms with Crippen LogP contribution in [0.5, 0.6) is 0 Å². The van der Waals surface area contributed by atoms with Crippen LogP contribution in [0.4, 0.5) is 14.9 Å². The quantitative estimate of drug-likeness (QED) is 0.351. The van der Waals surface area contributed by atoms with Crippen molar-refractivity contribution >= 4 is 21.8 Å². The summed E-state index contributed by atoms with van der Waals surface area (Å²) in [6.07, 6.45) is -1.49. The minimum absolute atomic E-state index is 0.106. The number of nitro groups is 1. The van der Waals surface area contributed by atoms with E-state index in [1.165, 1.54) is 30.3 Å². The second-order valence-electron chi connectivity index (χ2n) is 9.67. The van der Waals surface area contributed by atoms with E-state index in [1.54, 1.807) is 39.8 Å². The van der Waals surface area contributed by atoms with E-state index in [2.05, 4.69) is 6.58 Å². The van der Waals surface area contributed by atoms with Crippen molar-refractivity contribution in [2.75, 3.05) is 11.4 Å². The highest BCUT2D eigenvalue weighted by Gasteiger charge is 2.75. The molecule has 0 saturated carbocycles. The zero-order valence-corrected chi connectivity index (χ0v) is 20.6. The van der Waals surface area contributed by atoms with Gasteiger partial charge in [-0.1, -0.05) is 29.8 Å². The molecule has 0 unspecified atom stereocenters. The van der Waals surface area contributed by atoms with Crippen molar-refractivity contribution in [1.82, 2.24) is 4.31 Å². The number of anilines is 1. The number of fused-ring (bicyclic) bond motifs is 3. The largest absolute Gasteiger partial charge is 0.443 e. The van der Waals surface area contributed by atoms with Crippen LogP contribution < -0.4 is 4.90 Å². The van der Waals surface area contributed by atoms with E-state index in [9.17, 15) is 23.3 Å². The van der Waals surface area contributed by atoms with Crippen LogP contribution in [-0.4, -0.2) is 42.1 Å². The smallest absolute Gasteiger partial charge is 0.416 e. The molecule has 0 radical (unpaired) electrons. The predicted octanol–water partition coefficient (Wildman–Crippen LogP) is 4.19. The number of benzene rings is 2. The third-order valence-electron chi connectivity index (χ3n) is 6.31. The van der Waals surface area contributed by atoms with Gasteiger partial charge in [-0.15, -0.1) is 6.58 Å². The lowest BCUT2D eigenvalue weighted by molar-refractivity contribution is -0.586. The number of carbonyl (C=O) groups excluding carboxylic acids is 1. The molecule has 1 saturated heterocycles. The van der Waals surface area contributed by atoms with Crippen molar-refractivity contribution in [3.8, 4) is 0 Å². The first kappa shape index (κ1) is 24.8. The van der Waals surface area contributed by atoms with E-state index >= 15 is 4.39 Å². The summed E-state index contributed by atoms with van der Waals surface area (Å²) in [5.74, 6) is -2.05. The Labute approximate surface area is 203 Å². The number of halogens is 1. The zero-order valence-electron chi connectivity index (χ0n) is 19.8. The number of ether oxygens (including phenoxy) is 1. The highest BCUT2D eigenvalue weighted by atomic mass is 32.2. The SMILES string of the molecule is C=C[C@H]1CN(S(=O)(=O)c2ccc(C)cc2)[C@@H]2N(C(=O)OC(C)(C)C)c3cccc(F)c3[C@]12[N+](=O)[O-]. The van der Waals surface area contributed by atoms with Crippen molar-refractivity contribution in [1.29, 1.82) is 0 Å². The van der Waals surface area contributed by atoms with Gasteiger partial charge in [0.2, 0.25) is 10.0 Å². The Kier molecular flexibility index (Phi) is 5.76. The molecule has 186 valence electrons. The third-order valence-corrected chi connectivity index (χ3v) is 8.14. The van der Waals surface area contributed by atoms with Gasteiger partial charge in [0.1, 0.15) is 11.4 Å². The van der Waals surface area contributed by atoms with Crippen molar-refractivity contribution < 1.29 is 27.3 Å². The second-order valence-corrected chi connectivity index (χ2v) is 11.6. The Morgan fingerprint density at radius 1 is 1.26 bits per heavy atom. The molecule has 9 nitrogen and oxygen atoms in total. The molecule has 0 N–H and O–H groups in total. The number of aryl methyl sites for hydroxylation is 1. The maximum atomic E-state index is 15.3. The van der Waals surface area contributed by atoms with Crippen LogP contribution in [0.2, 0.25) is 0 Å². The molecule has 2 heterocycles. The highest BCUT2D eigenvalue weighted by Crippen LogP contribution is 2.57. The number of nitrogens with zero attached hydrogens (tertiary/aromatic N) is 3. The maximum absolute atomic E-state index is 15.3. The first-order valence-electron chi connectivity index (χ1n) is 10.9. The summed E-state index contributed by atoms with van der Waals surface area (Å²) >= 11 is 0. The van der Waals surface area contributed by atoms with Crippen LogP contribution in [0.25, 0.3) is 0 Å². The first-order valence-corrected chi connectivity index (χ1v) is 12.4. The first-order chi connectivity index (χ1) is 16.3. The molecule has 1 amide bonds. The molecule has 0 aromatic heterocycles. The van der Waals surface area contributed by atoms with Gasteiger partial charge in [0.05, 0.1) is 22.1 Å². The van der Waals surface area contributed by atoms with Crippen molar-refractivity contribution in [2.45, 2.75) is 49.9 Å². The molecular weight excluding hydrogens is 477 g/mol. The Balaban J connectivity index is 2.01. The molecule has 11 heteroatoms. The summed E-state index contributed by atoms with van der Waals surface area (Å²) in [5.41, 5.74) is -2.98. The highest BCUT2D eigenvalue weighted by molar-refractivity contribution is 7.89. The molecule has 2 aromatic rings. The van der Waals surface area contributed by atoms with Crippen LogP contribution in [0.15, 0.2) is 60.0 Å². The summed E-state index contributed by atoms with van der Waals surface area (Å²) in [6.45, 7) is 9.92. The van der Waals surface area contributed by atoms with Gasteiger partial charge in [-0.05, 0) is 52.0 Å². The lowest BCUT2D eigenvalue weighted by atomic mass is 9.80. The maximum Gasteiger partial charge on any atom is 0.416 e. The minimum atomic E-state index is -4.36. The van der Waals surface area contributed by atoms with E-state index in [4.69, 9.17) is 4.74 Å². The Hall–Kier alpha value is -3.31. The van der Waals surface area contributed by atoms with Gasteiger partial charge >= 0.3 is 6.09 Å². The second kappa shape index (κ2) is 8.13. The fraction of sp³-hybridized carbons (Fsp3) is 0.375. The van der Waals surface area contributed by atoms with E-state index in [0.29, 0.717) is 0 Å². The van der Waals surface area contributed by atoms with Crippen molar-refractivity contribution in [3.05, 3.63) is 82.2 Å². The molecule has 2 aliphatic rings. The fourth-order valence-electron chi connectivity index (χ4n) is 4.89. The summed E-state index contributed by atoms with van der Waals surface area (Å²) in [4.78, 5) is 26.3. The number of amides is 1. The van der Waals surface area contributed by atoms with E-state index in [1.807, 2.05) is 0 Å². The predicted molar refractivity (Wildman–Crippen MR) is 126 cm³/mol. The van der Waals surface area contributed by atoms with Crippen LogP contribution in [0, 0.1) is 28.8 Å². The molecule has 3 atom stereocenters. The van der Waals surface area contributed by atoms with E-state index < -0.39 is 50.1 Å². The Bertz CT molecular complexity index is 1320. The number of hydrogen-bond acceptors (Lipinski definition) is 6. The van der Waals surface area contributed by atoms with Crippen LogP contribution in [-0.2, 0) is 20.3 Å². The van der Waals surface area contributed by atoms with Gasteiger partial charge in [0.25, 0.3) is 5.54 Å². The number of sulfonamides is 1. The molecular formula is C24H26FN3O6S. The lowest BCUT2D eigenvalue weighted by Crippen LogP contribution is -2.57. The summed E-state index contributed by atoms with van der Waals surface area (Å²) < 4.78 is 49.3. The molecule has 35 heavy (non-hydrogen) atoms. The number of rotatable bonds is 4. The van der Waals surface area contributed by atoms with E-state index in [-0.39, 0.29) is 22.7 Å². The molecule has 2 aromatic carbocycles. The lowest BCUT2D eigenvalue weighted by Gasteiger charge is -2.33.